The molecule has 10 heteroatoms. The summed E-state index contributed by atoms with van der Waals surface area (Å²) in [7, 11) is -1.64. The van der Waals surface area contributed by atoms with Gasteiger partial charge in [-0.1, -0.05) is 11.6 Å². The van der Waals surface area contributed by atoms with E-state index >= 15 is 0 Å². The van der Waals surface area contributed by atoms with Crippen LogP contribution in [0.1, 0.15) is 19.3 Å². The number of sulfonamides is 1. The molecule has 0 spiro atoms. The van der Waals surface area contributed by atoms with Gasteiger partial charge in [-0.25, -0.2) is 12.7 Å². The zero-order valence-electron chi connectivity index (χ0n) is 16.6. The molecule has 0 aliphatic carbocycles. The Morgan fingerprint density at radius 1 is 1.31 bits per heavy atom. The number of carbonyl (C=O) groups excluding carboxylic acids is 2. The number of hydrogen-bond acceptors (Lipinski definition) is 5. The quantitative estimate of drug-likeness (QED) is 0.718. The number of nitrogens with one attached hydrogen (secondary N) is 1. The van der Waals surface area contributed by atoms with E-state index in [1.807, 2.05) is 0 Å². The summed E-state index contributed by atoms with van der Waals surface area (Å²) in [5.74, 6) is 0.0153. The molecule has 29 heavy (non-hydrogen) atoms. The maximum absolute atomic E-state index is 12.6. The second kappa shape index (κ2) is 8.89. The van der Waals surface area contributed by atoms with Gasteiger partial charge >= 0.3 is 0 Å². The molecule has 1 aromatic rings. The minimum atomic E-state index is -3.16. The molecule has 0 aromatic heterocycles. The Bertz CT molecular complexity index is 884. The van der Waals surface area contributed by atoms with E-state index in [9.17, 15) is 18.0 Å². The fourth-order valence-electron chi connectivity index (χ4n) is 3.82. The van der Waals surface area contributed by atoms with Gasteiger partial charge < -0.3 is 15.0 Å². The third-order valence-corrected chi connectivity index (χ3v) is 7.07. The van der Waals surface area contributed by atoms with Crippen LogP contribution in [0.15, 0.2) is 18.2 Å². The summed E-state index contributed by atoms with van der Waals surface area (Å²) in [4.78, 5) is 26.6. The number of carbonyl (C=O) groups is 2. The van der Waals surface area contributed by atoms with Crippen LogP contribution >= 0.6 is 11.6 Å². The van der Waals surface area contributed by atoms with Crippen molar-refractivity contribution in [3.63, 3.8) is 0 Å². The molecule has 2 fully saturated rings. The van der Waals surface area contributed by atoms with Crippen LogP contribution < -0.4 is 15.0 Å². The number of nitrogens with zero attached hydrogens (tertiary/aromatic N) is 2. The number of ether oxygens (including phenoxy) is 1. The molecule has 160 valence electrons. The van der Waals surface area contributed by atoms with Crippen LogP contribution in [0.2, 0.25) is 5.02 Å². The maximum atomic E-state index is 12.6. The van der Waals surface area contributed by atoms with Gasteiger partial charge in [0.25, 0.3) is 0 Å². The second-order valence-electron chi connectivity index (χ2n) is 7.57. The van der Waals surface area contributed by atoms with E-state index in [0.29, 0.717) is 48.9 Å². The van der Waals surface area contributed by atoms with Crippen molar-refractivity contribution in [2.75, 3.05) is 44.4 Å². The van der Waals surface area contributed by atoms with Gasteiger partial charge in [-0.15, -0.1) is 0 Å². The first-order valence-corrected chi connectivity index (χ1v) is 11.8. The lowest BCUT2D eigenvalue weighted by Gasteiger charge is -2.30. The van der Waals surface area contributed by atoms with Crippen molar-refractivity contribution in [2.24, 2.45) is 11.8 Å². The van der Waals surface area contributed by atoms with E-state index in [2.05, 4.69) is 5.32 Å². The lowest BCUT2D eigenvalue weighted by Crippen LogP contribution is -2.42. The topological polar surface area (TPSA) is 96.0 Å². The number of anilines is 1. The number of methoxy groups -OCH3 is 1. The Morgan fingerprint density at radius 3 is 2.62 bits per heavy atom. The normalized spacial score (nSPS) is 21.4. The minimum absolute atomic E-state index is 0.133. The first kappa shape index (κ1) is 21.9. The molecule has 1 aromatic carbocycles. The molecule has 0 radical (unpaired) electrons. The smallest absolute Gasteiger partial charge is 0.227 e. The molecule has 8 nitrogen and oxygen atoms in total. The Morgan fingerprint density at radius 2 is 2.00 bits per heavy atom. The number of hydrogen-bond donors (Lipinski definition) is 1. The van der Waals surface area contributed by atoms with E-state index in [1.165, 1.54) is 17.7 Å². The Labute approximate surface area is 176 Å². The number of halogens is 1. The molecule has 1 atom stereocenters. The largest absolute Gasteiger partial charge is 0.495 e. The highest BCUT2D eigenvalue weighted by molar-refractivity contribution is 7.88. The zero-order chi connectivity index (χ0) is 21.2. The van der Waals surface area contributed by atoms with Crippen molar-refractivity contribution in [3.8, 4) is 5.75 Å². The third kappa shape index (κ3) is 5.21. The average molecular weight is 444 g/mol. The Hall–Kier alpha value is -1.84. The van der Waals surface area contributed by atoms with Gasteiger partial charge in [0.15, 0.2) is 0 Å². The molecule has 2 aliphatic heterocycles. The van der Waals surface area contributed by atoms with Gasteiger partial charge in [0, 0.05) is 37.6 Å². The molecule has 2 saturated heterocycles. The van der Waals surface area contributed by atoms with E-state index in [0.717, 1.165) is 0 Å². The average Bonchev–Trinajstić information content (AvgIpc) is 3.07. The number of benzene rings is 1. The SMILES string of the molecule is COc1ccc(Cl)cc1N1CC(C(=O)NCC2CCN(S(C)(=O)=O)CC2)CC1=O. The van der Waals surface area contributed by atoms with Gasteiger partial charge in [-0.3, -0.25) is 9.59 Å². The first-order valence-electron chi connectivity index (χ1n) is 9.55. The predicted octanol–water partition coefficient (Wildman–Crippen LogP) is 1.49. The van der Waals surface area contributed by atoms with Crippen LogP contribution in [0.25, 0.3) is 0 Å². The highest BCUT2D eigenvalue weighted by Crippen LogP contribution is 2.35. The molecule has 2 amide bonds. The van der Waals surface area contributed by atoms with E-state index in [1.54, 1.807) is 23.1 Å². The van der Waals surface area contributed by atoms with Crippen molar-refractivity contribution < 1.29 is 22.7 Å². The third-order valence-electron chi connectivity index (χ3n) is 5.54. The minimum Gasteiger partial charge on any atom is -0.495 e. The van der Waals surface area contributed by atoms with Crippen molar-refractivity contribution in [1.82, 2.24) is 9.62 Å². The van der Waals surface area contributed by atoms with Gasteiger partial charge in [0.1, 0.15) is 5.75 Å². The van der Waals surface area contributed by atoms with Crippen molar-refractivity contribution in [3.05, 3.63) is 23.2 Å². The second-order valence-corrected chi connectivity index (χ2v) is 9.99. The molecule has 0 bridgehead atoms. The van der Waals surface area contributed by atoms with Crippen LogP contribution in [0.4, 0.5) is 5.69 Å². The van der Waals surface area contributed by atoms with Crippen LogP contribution in [-0.4, -0.2) is 64.1 Å². The molecule has 2 aliphatic rings. The number of amides is 2. The van der Waals surface area contributed by atoms with Gasteiger partial charge in [0.05, 0.1) is 25.0 Å². The monoisotopic (exact) mass is 443 g/mol. The van der Waals surface area contributed by atoms with E-state index in [-0.39, 0.29) is 30.7 Å². The van der Waals surface area contributed by atoms with Crippen LogP contribution in [-0.2, 0) is 19.6 Å². The van der Waals surface area contributed by atoms with E-state index < -0.39 is 15.9 Å². The summed E-state index contributed by atoms with van der Waals surface area (Å²) < 4.78 is 29.9. The summed E-state index contributed by atoms with van der Waals surface area (Å²) in [6, 6.07) is 5.04. The van der Waals surface area contributed by atoms with Crippen molar-refractivity contribution >= 4 is 39.1 Å². The van der Waals surface area contributed by atoms with Crippen LogP contribution in [0.3, 0.4) is 0 Å². The maximum Gasteiger partial charge on any atom is 0.227 e. The molecule has 3 rings (SSSR count). The molecule has 0 saturated carbocycles. The summed E-state index contributed by atoms with van der Waals surface area (Å²) >= 11 is 6.06. The summed E-state index contributed by atoms with van der Waals surface area (Å²) in [6.07, 6.45) is 2.77. The molecule has 1 unspecified atom stereocenters. The van der Waals surface area contributed by atoms with E-state index in [4.69, 9.17) is 16.3 Å². The first-order chi connectivity index (χ1) is 13.7. The van der Waals surface area contributed by atoms with Crippen LogP contribution in [0, 0.1) is 11.8 Å². The Kier molecular flexibility index (Phi) is 6.70. The van der Waals surface area contributed by atoms with Crippen molar-refractivity contribution in [1.29, 1.82) is 0 Å². The highest BCUT2D eigenvalue weighted by atomic mass is 35.5. The molecular formula is C19H26ClN3O5S. The molecule has 2 heterocycles. The zero-order valence-corrected chi connectivity index (χ0v) is 18.1. The van der Waals surface area contributed by atoms with Crippen molar-refractivity contribution in [2.45, 2.75) is 19.3 Å². The molecular weight excluding hydrogens is 418 g/mol. The summed E-state index contributed by atoms with van der Waals surface area (Å²) in [6.45, 7) is 1.71. The standard InChI is InChI=1S/C19H26ClN3O5S/c1-28-17-4-3-15(20)10-16(17)23-12-14(9-18(23)24)19(25)21-11-13-5-7-22(8-6-13)29(2,26)27/h3-4,10,13-14H,5-9,11-12H2,1-2H3,(H,21,25). The Balaban J connectivity index is 1.54. The molecule has 1 N–H and O–H groups in total. The lowest BCUT2D eigenvalue weighted by atomic mass is 9.97. The fraction of sp³-hybridized carbons (Fsp3) is 0.579. The summed E-state index contributed by atoms with van der Waals surface area (Å²) in [5, 5.41) is 3.43. The van der Waals surface area contributed by atoms with Gasteiger partial charge in [0.2, 0.25) is 21.8 Å². The number of rotatable bonds is 6. The lowest BCUT2D eigenvalue weighted by molar-refractivity contribution is -0.126. The fourth-order valence-corrected chi connectivity index (χ4v) is 4.86. The van der Waals surface area contributed by atoms with Gasteiger partial charge in [-0.05, 0) is 37.0 Å². The highest BCUT2D eigenvalue weighted by Gasteiger charge is 2.36. The van der Waals surface area contributed by atoms with Crippen LogP contribution in [0.5, 0.6) is 5.75 Å². The summed E-state index contributed by atoms with van der Waals surface area (Å²) in [5.41, 5.74) is 0.563. The number of piperidine rings is 1. The predicted molar refractivity (Wildman–Crippen MR) is 111 cm³/mol. The van der Waals surface area contributed by atoms with Gasteiger partial charge in [-0.2, -0.15) is 0 Å².